The molecule has 1 heterocycles. The van der Waals surface area contributed by atoms with Crippen LogP contribution in [0.1, 0.15) is 18.1 Å². The summed E-state index contributed by atoms with van der Waals surface area (Å²) in [7, 11) is 0. The summed E-state index contributed by atoms with van der Waals surface area (Å²) >= 11 is 0. The van der Waals surface area contributed by atoms with Crippen molar-refractivity contribution in [1.29, 1.82) is 0 Å². The van der Waals surface area contributed by atoms with Crippen LogP contribution in [0.25, 0.3) is 11.3 Å². The lowest BCUT2D eigenvalue weighted by Crippen LogP contribution is -2.25. The molecule has 0 spiro atoms. The van der Waals surface area contributed by atoms with E-state index in [1.54, 1.807) is 0 Å². The molecule has 0 bridgehead atoms. The maximum Gasteiger partial charge on any atom is 0.148 e. The fourth-order valence-corrected chi connectivity index (χ4v) is 1.97. The molecule has 0 amide bonds. The topological polar surface area (TPSA) is 63.8 Å². The number of hydrogen-bond acceptors (Lipinski definition) is 4. The van der Waals surface area contributed by atoms with Crippen LogP contribution < -0.4 is 11.1 Å². The van der Waals surface area contributed by atoms with Gasteiger partial charge in [0.2, 0.25) is 0 Å². The van der Waals surface area contributed by atoms with Gasteiger partial charge in [0.05, 0.1) is 5.69 Å². The van der Waals surface area contributed by atoms with E-state index in [2.05, 4.69) is 47.6 Å². The lowest BCUT2D eigenvalue weighted by Gasteiger charge is -2.12. The van der Waals surface area contributed by atoms with Crippen LogP contribution in [0.15, 0.2) is 30.3 Å². The zero-order chi connectivity index (χ0) is 13.8. The van der Waals surface area contributed by atoms with Crippen LogP contribution in [-0.4, -0.2) is 22.8 Å². The largest absolute Gasteiger partial charge is 0.365 e. The van der Waals surface area contributed by atoms with Crippen LogP contribution >= 0.6 is 0 Å². The van der Waals surface area contributed by atoms with E-state index in [0.29, 0.717) is 6.54 Å². The van der Waals surface area contributed by atoms with Crippen molar-refractivity contribution in [3.05, 3.63) is 41.5 Å². The molecule has 0 aliphatic rings. The van der Waals surface area contributed by atoms with Gasteiger partial charge in [-0.05, 0) is 38.5 Å². The second-order valence-electron chi connectivity index (χ2n) is 4.90. The highest BCUT2D eigenvalue weighted by Gasteiger charge is 2.05. The molecule has 2 aromatic rings. The molecule has 4 heteroatoms. The molecular formula is C15H20N4. The van der Waals surface area contributed by atoms with E-state index in [1.165, 1.54) is 11.1 Å². The minimum Gasteiger partial charge on any atom is -0.365 e. The van der Waals surface area contributed by atoms with Gasteiger partial charge < -0.3 is 11.1 Å². The van der Waals surface area contributed by atoms with Crippen molar-refractivity contribution < 1.29 is 0 Å². The second kappa shape index (κ2) is 5.80. The van der Waals surface area contributed by atoms with E-state index in [-0.39, 0.29) is 6.04 Å². The molecule has 4 nitrogen and oxygen atoms in total. The van der Waals surface area contributed by atoms with Gasteiger partial charge in [-0.2, -0.15) is 0 Å². The molecule has 0 saturated heterocycles. The number of benzene rings is 1. The summed E-state index contributed by atoms with van der Waals surface area (Å²) in [5, 5.41) is 11.7. The number of nitrogens with one attached hydrogen (secondary N) is 1. The van der Waals surface area contributed by atoms with Gasteiger partial charge in [-0.1, -0.05) is 23.8 Å². The van der Waals surface area contributed by atoms with Gasteiger partial charge in [0, 0.05) is 18.2 Å². The van der Waals surface area contributed by atoms with Crippen molar-refractivity contribution in [2.24, 2.45) is 5.73 Å². The standard InChI is InChI=1S/C15H20N4/c1-10-4-5-13(11(2)8-10)14-6-7-15(19-18-14)17-12(3)9-16/h4-8,12H,9,16H2,1-3H3,(H,17,19). The summed E-state index contributed by atoms with van der Waals surface area (Å²) in [6.45, 7) is 6.76. The Hall–Kier alpha value is -1.94. The van der Waals surface area contributed by atoms with E-state index in [9.17, 15) is 0 Å². The Morgan fingerprint density at radius 3 is 2.53 bits per heavy atom. The van der Waals surface area contributed by atoms with E-state index >= 15 is 0 Å². The maximum atomic E-state index is 5.56. The number of hydrogen-bond donors (Lipinski definition) is 2. The molecular weight excluding hydrogens is 236 g/mol. The lowest BCUT2D eigenvalue weighted by atomic mass is 10.0. The molecule has 0 saturated carbocycles. The summed E-state index contributed by atoms with van der Waals surface area (Å²) in [6, 6.07) is 10.4. The number of aromatic nitrogens is 2. The first-order valence-electron chi connectivity index (χ1n) is 6.48. The van der Waals surface area contributed by atoms with Gasteiger partial charge in [0.1, 0.15) is 5.82 Å². The van der Waals surface area contributed by atoms with Gasteiger partial charge in [-0.25, -0.2) is 0 Å². The van der Waals surface area contributed by atoms with Gasteiger partial charge in [0.25, 0.3) is 0 Å². The number of nitrogens with two attached hydrogens (primary N) is 1. The molecule has 0 aliphatic heterocycles. The molecule has 100 valence electrons. The quantitative estimate of drug-likeness (QED) is 0.882. The molecule has 1 aromatic heterocycles. The Morgan fingerprint density at radius 1 is 1.16 bits per heavy atom. The monoisotopic (exact) mass is 256 g/mol. The zero-order valence-electron chi connectivity index (χ0n) is 11.6. The van der Waals surface area contributed by atoms with Crippen molar-refractivity contribution in [1.82, 2.24) is 10.2 Å². The van der Waals surface area contributed by atoms with Crippen molar-refractivity contribution in [2.45, 2.75) is 26.8 Å². The Balaban J connectivity index is 2.22. The molecule has 0 fully saturated rings. The Bertz CT molecular complexity index is 549. The van der Waals surface area contributed by atoms with E-state index < -0.39 is 0 Å². The van der Waals surface area contributed by atoms with E-state index in [0.717, 1.165) is 17.1 Å². The number of rotatable bonds is 4. The number of anilines is 1. The zero-order valence-corrected chi connectivity index (χ0v) is 11.6. The molecule has 0 radical (unpaired) electrons. The average Bonchev–Trinajstić information content (AvgIpc) is 2.40. The normalized spacial score (nSPS) is 12.2. The first kappa shape index (κ1) is 13.5. The van der Waals surface area contributed by atoms with Crippen LogP contribution in [0.3, 0.4) is 0 Å². The first-order chi connectivity index (χ1) is 9.10. The average molecular weight is 256 g/mol. The molecule has 0 aliphatic carbocycles. The highest BCUT2D eigenvalue weighted by molar-refractivity contribution is 5.64. The molecule has 1 aromatic carbocycles. The molecule has 3 N–H and O–H groups in total. The lowest BCUT2D eigenvalue weighted by molar-refractivity contribution is 0.792. The third-order valence-corrected chi connectivity index (χ3v) is 3.07. The minimum atomic E-state index is 0.196. The Labute approximate surface area is 114 Å². The highest BCUT2D eigenvalue weighted by Crippen LogP contribution is 2.22. The summed E-state index contributed by atoms with van der Waals surface area (Å²) in [5.74, 6) is 0.756. The SMILES string of the molecule is Cc1ccc(-c2ccc(NC(C)CN)nn2)c(C)c1. The summed E-state index contributed by atoms with van der Waals surface area (Å²) < 4.78 is 0. The fraction of sp³-hybridized carbons (Fsp3) is 0.333. The number of nitrogens with zero attached hydrogens (tertiary/aromatic N) is 2. The van der Waals surface area contributed by atoms with Gasteiger partial charge in [0.15, 0.2) is 0 Å². The second-order valence-corrected chi connectivity index (χ2v) is 4.90. The van der Waals surface area contributed by atoms with Crippen LogP contribution in [0.4, 0.5) is 5.82 Å². The third kappa shape index (κ3) is 3.29. The summed E-state index contributed by atoms with van der Waals surface area (Å²) in [6.07, 6.45) is 0. The Kier molecular flexibility index (Phi) is 4.12. The van der Waals surface area contributed by atoms with Gasteiger partial charge in [-0.15, -0.1) is 10.2 Å². The molecule has 1 atom stereocenters. The minimum absolute atomic E-state index is 0.196. The number of aryl methyl sites for hydroxylation is 2. The van der Waals surface area contributed by atoms with E-state index in [4.69, 9.17) is 5.73 Å². The summed E-state index contributed by atoms with van der Waals surface area (Å²) in [4.78, 5) is 0. The maximum absolute atomic E-state index is 5.56. The summed E-state index contributed by atoms with van der Waals surface area (Å²) in [5.41, 5.74) is 10.0. The molecule has 2 rings (SSSR count). The van der Waals surface area contributed by atoms with Crippen molar-refractivity contribution in [3.8, 4) is 11.3 Å². The van der Waals surface area contributed by atoms with Crippen LogP contribution in [-0.2, 0) is 0 Å². The van der Waals surface area contributed by atoms with Crippen molar-refractivity contribution in [2.75, 3.05) is 11.9 Å². The van der Waals surface area contributed by atoms with Crippen LogP contribution in [0.5, 0.6) is 0 Å². The van der Waals surface area contributed by atoms with Crippen molar-refractivity contribution >= 4 is 5.82 Å². The first-order valence-corrected chi connectivity index (χ1v) is 6.48. The smallest absolute Gasteiger partial charge is 0.148 e. The van der Waals surface area contributed by atoms with Crippen LogP contribution in [0, 0.1) is 13.8 Å². The Morgan fingerprint density at radius 2 is 1.95 bits per heavy atom. The third-order valence-electron chi connectivity index (χ3n) is 3.07. The van der Waals surface area contributed by atoms with Crippen molar-refractivity contribution in [3.63, 3.8) is 0 Å². The highest BCUT2D eigenvalue weighted by atomic mass is 15.2. The van der Waals surface area contributed by atoms with Crippen LogP contribution in [0.2, 0.25) is 0 Å². The van der Waals surface area contributed by atoms with Gasteiger partial charge in [-0.3, -0.25) is 0 Å². The fourth-order valence-electron chi connectivity index (χ4n) is 1.97. The van der Waals surface area contributed by atoms with E-state index in [1.807, 2.05) is 19.1 Å². The predicted octanol–water partition coefficient (Wildman–Crippen LogP) is 2.52. The van der Waals surface area contributed by atoms with Gasteiger partial charge >= 0.3 is 0 Å². The predicted molar refractivity (Wildman–Crippen MR) is 79.1 cm³/mol. The molecule has 19 heavy (non-hydrogen) atoms. The molecule has 1 unspecified atom stereocenters.